The number of hydrogen-bond acceptors (Lipinski definition) is 2. The molecule has 0 fully saturated rings. The first kappa shape index (κ1) is 36.4. The van der Waals surface area contributed by atoms with Crippen molar-refractivity contribution in [1.29, 1.82) is 0 Å². The van der Waals surface area contributed by atoms with Crippen LogP contribution in [0.15, 0.2) is 206 Å². The van der Waals surface area contributed by atoms with Crippen molar-refractivity contribution in [3.63, 3.8) is 0 Å². The van der Waals surface area contributed by atoms with Gasteiger partial charge in [-0.2, -0.15) is 0 Å². The highest BCUT2D eigenvalue weighted by molar-refractivity contribution is 6.20. The van der Waals surface area contributed by atoms with Crippen LogP contribution in [0.4, 0.5) is 34.1 Å². The van der Waals surface area contributed by atoms with E-state index in [9.17, 15) is 0 Å². The van der Waals surface area contributed by atoms with E-state index < -0.39 is 0 Å². The first-order valence-corrected chi connectivity index (χ1v) is 21.8. The summed E-state index contributed by atoms with van der Waals surface area (Å²) >= 11 is 0. The lowest BCUT2D eigenvalue weighted by Crippen LogP contribution is -2.16. The first-order valence-electron chi connectivity index (χ1n) is 21.8. The second-order valence-electron chi connectivity index (χ2n) is 18.1. The molecule has 2 heteroatoms. The summed E-state index contributed by atoms with van der Waals surface area (Å²) in [7, 11) is 0. The van der Waals surface area contributed by atoms with Gasteiger partial charge < -0.3 is 9.80 Å². The summed E-state index contributed by atoms with van der Waals surface area (Å²) in [6, 6.07) is 76.5. The van der Waals surface area contributed by atoms with Gasteiger partial charge in [0.15, 0.2) is 0 Å². The molecule has 2 aliphatic carbocycles. The van der Waals surface area contributed by atoms with Gasteiger partial charge in [0.25, 0.3) is 0 Å². The molecule has 2 nitrogen and oxygen atoms in total. The molecule has 12 rings (SSSR count). The van der Waals surface area contributed by atoms with Gasteiger partial charge in [0.1, 0.15) is 0 Å². The van der Waals surface area contributed by atoms with Crippen LogP contribution in [0.2, 0.25) is 0 Å². The molecule has 0 bridgehead atoms. The molecule has 10 aromatic rings. The minimum atomic E-state index is -0.0943. The van der Waals surface area contributed by atoms with E-state index in [-0.39, 0.29) is 10.8 Å². The smallest absolute Gasteiger partial charge is 0.0540 e. The summed E-state index contributed by atoms with van der Waals surface area (Å²) in [6.07, 6.45) is 0. The Bertz CT molecular complexity index is 3410. The second-order valence-corrected chi connectivity index (χ2v) is 18.1. The summed E-state index contributed by atoms with van der Waals surface area (Å²) in [5.41, 5.74) is 17.6. The first-order chi connectivity index (χ1) is 30.3. The molecule has 0 radical (unpaired) electrons. The van der Waals surface area contributed by atoms with Crippen LogP contribution in [-0.2, 0) is 10.8 Å². The number of fused-ring (bicyclic) bond motifs is 11. The van der Waals surface area contributed by atoms with Crippen LogP contribution in [0.1, 0.15) is 49.9 Å². The topological polar surface area (TPSA) is 6.48 Å². The van der Waals surface area contributed by atoms with Crippen molar-refractivity contribution in [2.75, 3.05) is 9.80 Å². The average Bonchev–Trinajstić information content (AvgIpc) is 3.68. The Labute approximate surface area is 364 Å². The molecule has 0 saturated heterocycles. The number of hydrogen-bond donors (Lipinski definition) is 0. The Balaban J connectivity index is 0.978. The lowest BCUT2D eigenvalue weighted by Gasteiger charge is -2.29. The van der Waals surface area contributed by atoms with Gasteiger partial charge in [-0.25, -0.2) is 0 Å². The summed E-state index contributed by atoms with van der Waals surface area (Å²) < 4.78 is 0. The van der Waals surface area contributed by atoms with Crippen LogP contribution in [0, 0.1) is 0 Å². The standard InChI is InChI=1S/C60H46N2/c1-59(2)54-23-13-11-20-49(54)51-32-28-43(37-56(51)59)61(40-16-7-5-8-17-40)42-27-31-45-39(36-42)26-30-48-46-22-15-25-58(53(46)35-34-47(45)48)62(41-18-9-6-10-19-41)44-29-33-52-50-21-12-14-24-55(50)60(3,4)57(52)38-44/h5-38H,1-4H3. The Morgan fingerprint density at radius 2 is 0.710 bits per heavy atom. The molecule has 0 heterocycles. The minimum Gasteiger partial charge on any atom is -0.310 e. The Hall–Kier alpha value is -7.42. The SMILES string of the molecule is CC1(C)c2ccccc2-c2ccc(N(c3ccccc3)c3ccc4c(ccc5c6cccc(N(c7ccccc7)c7ccc8c(c7)C(C)(C)c7ccccc7-8)c6ccc45)c3)cc21. The summed E-state index contributed by atoms with van der Waals surface area (Å²) in [5, 5.41) is 7.44. The molecule has 0 unspecified atom stereocenters. The molecule has 0 amide bonds. The largest absolute Gasteiger partial charge is 0.310 e. The van der Waals surface area contributed by atoms with Gasteiger partial charge in [-0.05, 0) is 138 Å². The van der Waals surface area contributed by atoms with Gasteiger partial charge >= 0.3 is 0 Å². The second kappa shape index (κ2) is 13.5. The van der Waals surface area contributed by atoms with E-state index in [2.05, 4.69) is 244 Å². The zero-order chi connectivity index (χ0) is 41.7. The van der Waals surface area contributed by atoms with E-state index in [1.54, 1.807) is 0 Å². The Morgan fingerprint density at radius 3 is 1.34 bits per heavy atom. The van der Waals surface area contributed by atoms with Crippen LogP contribution >= 0.6 is 0 Å². The van der Waals surface area contributed by atoms with Crippen molar-refractivity contribution in [1.82, 2.24) is 0 Å². The molecule has 62 heavy (non-hydrogen) atoms. The fraction of sp³-hybridized carbons (Fsp3) is 0.100. The van der Waals surface area contributed by atoms with Crippen molar-refractivity contribution in [2.24, 2.45) is 0 Å². The third-order valence-electron chi connectivity index (χ3n) is 14.0. The maximum Gasteiger partial charge on any atom is 0.0540 e. The number of nitrogens with zero attached hydrogens (tertiary/aromatic N) is 2. The van der Waals surface area contributed by atoms with Crippen molar-refractivity contribution < 1.29 is 0 Å². The van der Waals surface area contributed by atoms with Gasteiger partial charge in [-0.1, -0.05) is 167 Å². The normalized spacial score (nSPS) is 14.1. The van der Waals surface area contributed by atoms with E-state index in [1.807, 2.05) is 0 Å². The molecule has 0 aromatic heterocycles. The van der Waals surface area contributed by atoms with Crippen LogP contribution in [0.3, 0.4) is 0 Å². The predicted octanol–water partition coefficient (Wildman–Crippen LogP) is 16.7. The fourth-order valence-electron chi connectivity index (χ4n) is 10.9. The van der Waals surface area contributed by atoms with E-state index in [4.69, 9.17) is 0 Å². The van der Waals surface area contributed by atoms with E-state index in [0.717, 1.165) is 28.4 Å². The molecule has 2 aliphatic rings. The molecule has 0 N–H and O–H groups in total. The number of para-hydroxylation sites is 2. The summed E-state index contributed by atoms with van der Waals surface area (Å²) in [6.45, 7) is 9.43. The Kier molecular flexibility index (Phi) is 7.96. The molecule has 296 valence electrons. The number of anilines is 6. The van der Waals surface area contributed by atoms with Crippen LogP contribution in [0.25, 0.3) is 54.6 Å². The molecular weight excluding hydrogens is 749 g/mol. The third kappa shape index (κ3) is 5.36. The van der Waals surface area contributed by atoms with E-state index in [1.165, 1.54) is 82.5 Å². The monoisotopic (exact) mass is 794 g/mol. The minimum absolute atomic E-state index is 0.0853. The molecular formula is C60H46N2. The van der Waals surface area contributed by atoms with Gasteiger partial charge in [-0.3, -0.25) is 0 Å². The molecule has 10 aromatic carbocycles. The zero-order valence-electron chi connectivity index (χ0n) is 35.5. The molecule has 0 saturated carbocycles. The maximum atomic E-state index is 2.44. The predicted molar refractivity (Wildman–Crippen MR) is 263 cm³/mol. The van der Waals surface area contributed by atoms with Crippen molar-refractivity contribution in [3.05, 3.63) is 229 Å². The molecule has 0 aliphatic heterocycles. The average molecular weight is 795 g/mol. The lowest BCUT2D eigenvalue weighted by atomic mass is 9.82. The number of rotatable bonds is 6. The van der Waals surface area contributed by atoms with Gasteiger partial charge in [0.05, 0.1) is 5.69 Å². The van der Waals surface area contributed by atoms with E-state index in [0.29, 0.717) is 0 Å². The van der Waals surface area contributed by atoms with Crippen molar-refractivity contribution in [3.8, 4) is 22.3 Å². The van der Waals surface area contributed by atoms with Crippen LogP contribution < -0.4 is 9.80 Å². The summed E-state index contributed by atoms with van der Waals surface area (Å²) in [5.74, 6) is 0. The highest BCUT2D eigenvalue weighted by Gasteiger charge is 2.37. The van der Waals surface area contributed by atoms with Crippen molar-refractivity contribution in [2.45, 2.75) is 38.5 Å². The molecule has 0 atom stereocenters. The van der Waals surface area contributed by atoms with E-state index >= 15 is 0 Å². The van der Waals surface area contributed by atoms with Crippen molar-refractivity contribution >= 4 is 66.4 Å². The maximum absolute atomic E-state index is 2.44. The highest BCUT2D eigenvalue weighted by atomic mass is 15.1. The fourth-order valence-corrected chi connectivity index (χ4v) is 10.9. The van der Waals surface area contributed by atoms with Gasteiger partial charge in [0, 0.05) is 44.7 Å². The van der Waals surface area contributed by atoms with Crippen LogP contribution in [-0.4, -0.2) is 0 Å². The lowest BCUT2D eigenvalue weighted by molar-refractivity contribution is 0.660. The quantitative estimate of drug-likeness (QED) is 0.155. The molecule has 0 spiro atoms. The Morgan fingerprint density at radius 1 is 0.274 bits per heavy atom. The zero-order valence-corrected chi connectivity index (χ0v) is 35.5. The third-order valence-corrected chi connectivity index (χ3v) is 14.0. The van der Waals surface area contributed by atoms with Crippen LogP contribution in [0.5, 0.6) is 0 Å². The number of benzene rings is 10. The highest BCUT2D eigenvalue weighted by Crippen LogP contribution is 2.53. The van der Waals surface area contributed by atoms with Gasteiger partial charge in [-0.15, -0.1) is 0 Å². The van der Waals surface area contributed by atoms with Gasteiger partial charge in [0.2, 0.25) is 0 Å². The summed E-state index contributed by atoms with van der Waals surface area (Å²) in [4.78, 5) is 4.85.